The van der Waals surface area contributed by atoms with Gasteiger partial charge >= 0.3 is 6.18 Å². The summed E-state index contributed by atoms with van der Waals surface area (Å²) in [6.45, 7) is 1.77. The summed E-state index contributed by atoms with van der Waals surface area (Å²) in [5, 5.41) is 0. The fourth-order valence-electron chi connectivity index (χ4n) is 2.21. The molecular formula is C15H24F3N3. The van der Waals surface area contributed by atoms with Crippen molar-refractivity contribution < 1.29 is 13.2 Å². The molecule has 2 N–H and O–H groups in total. The minimum absolute atomic E-state index is 0.224. The molecule has 0 unspecified atom stereocenters. The molecule has 3 nitrogen and oxygen atoms in total. The highest BCUT2D eigenvalue weighted by Crippen LogP contribution is 2.37. The fourth-order valence-corrected chi connectivity index (χ4v) is 2.21. The Morgan fingerprint density at radius 3 is 2.29 bits per heavy atom. The van der Waals surface area contributed by atoms with E-state index in [1.54, 1.807) is 24.1 Å². The summed E-state index contributed by atoms with van der Waals surface area (Å²) >= 11 is 0. The van der Waals surface area contributed by atoms with E-state index >= 15 is 0 Å². The Hall–Kier alpha value is -1.27. The van der Waals surface area contributed by atoms with Crippen LogP contribution < -0.4 is 10.6 Å². The van der Waals surface area contributed by atoms with Crippen LogP contribution in [0.1, 0.15) is 17.5 Å². The number of halogens is 3. The summed E-state index contributed by atoms with van der Waals surface area (Å²) in [6.07, 6.45) is -3.09. The quantitative estimate of drug-likeness (QED) is 0.840. The van der Waals surface area contributed by atoms with Gasteiger partial charge in [-0.3, -0.25) is 0 Å². The Morgan fingerprint density at radius 1 is 1.10 bits per heavy atom. The van der Waals surface area contributed by atoms with Crippen molar-refractivity contribution >= 4 is 5.69 Å². The van der Waals surface area contributed by atoms with Gasteiger partial charge in [0, 0.05) is 19.3 Å². The molecule has 6 heteroatoms. The molecule has 0 saturated carbocycles. The number of rotatable bonds is 7. The Morgan fingerprint density at radius 2 is 1.76 bits per heavy atom. The zero-order chi connectivity index (χ0) is 16.0. The molecule has 0 aromatic heterocycles. The summed E-state index contributed by atoms with van der Waals surface area (Å²) in [7, 11) is 5.59. The third-order valence-electron chi connectivity index (χ3n) is 3.31. The van der Waals surface area contributed by atoms with Crippen LogP contribution in [0.2, 0.25) is 0 Å². The van der Waals surface area contributed by atoms with Gasteiger partial charge < -0.3 is 15.5 Å². The van der Waals surface area contributed by atoms with Crippen molar-refractivity contribution in [1.82, 2.24) is 4.90 Å². The predicted octanol–water partition coefficient (Wildman–Crippen LogP) is 2.59. The van der Waals surface area contributed by atoms with Crippen LogP contribution in [0, 0.1) is 0 Å². The number of nitrogens with zero attached hydrogens (tertiary/aromatic N) is 2. The fraction of sp³-hybridized carbons (Fsp3) is 0.600. The van der Waals surface area contributed by atoms with Gasteiger partial charge in [-0.1, -0.05) is 6.07 Å². The SMILES string of the molecule is CN(C)CCCN(C)c1ccc(CCN)cc1C(F)(F)F. The van der Waals surface area contributed by atoms with E-state index in [0.717, 1.165) is 13.0 Å². The minimum atomic E-state index is -4.35. The van der Waals surface area contributed by atoms with Crippen molar-refractivity contribution in [2.24, 2.45) is 5.73 Å². The van der Waals surface area contributed by atoms with Crippen LogP contribution in [-0.4, -0.2) is 45.7 Å². The summed E-state index contributed by atoms with van der Waals surface area (Å²) in [6, 6.07) is 4.48. The van der Waals surface area contributed by atoms with Crippen LogP contribution >= 0.6 is 0 Å². The van der Waals surface area contributed by atoms with Gasteiger partial charge in [-0.15, -0.1) is 0 Å². The Balaban J connectivity index is 2.94. The second-order valence-electron chi connectivity index (χ2n) is 5.47. The highest BCUT2D eigenvalue weighted by atomic mass is 19.4. The first-order valence-corrected chi connectivity index (χ1v) is 7.01. The number of alkyl halides is 3. The van der Waals surface area contributed by atoms with E-state index < -0.39 is 11.7 Å². The molecule has 0 heterocycles. The highest BCUT2D eigenvalue weighted by Gasteiger charge is 2.34. The molecule has 21 heavy (non-hydrogen) atoms. The number of anilines is 1. The zero-order valence-electron chi connectivity index (χ0n) is 12.9. The van der Waals surface area contributed by atoms with Crippen LogP contribution in [0.4, 0.5) is 18.9 Å². The predicted molar refractivity (Wildman–Crippen MR) is 80.6 cm³/mol. The smallest absolute Gasteiger partial charge is 0.374 e. The van der Waals surface area contributed by atoms with Gasteiger partial charge in [0.15, 0.2) is 0 Å². The normalized spacial score (nSPS) is 12.0. The maximum atomic E-state index is 13.2. The molecule has 0 bridgehead atoms. The Bertz CT molecular complexity index is 444. The van der Waals surface area contributed by atoms with Crippen LogP contribution in [0.3, 0.4) is 0 Å². The second kappa shape index (κ2) is 7.66. The number of nitrogens with two attached hydrogens (primary N) is 1. The van der Waals surface area contributed by atoms with Gasteiger partial charge in [0.2, 0.25) is 0 Å². The van der Waals surface area contributed by atoms with Crippen molar-refractivity contribution in [2.75, 3.05) is 45.7 Å². The maximum absolute atomic E-state index is 13.2. The molecule has 0 saturated heterocycles. The van der Waals surface area contributed by atoms with E-state index in [1.165, 1.54) is 6.07 Å². The van der Waals surface area contributed by atoms with E-state index in [1.807, 2.05) is 19.0 Å². The zero-order valence-corrected chi connectivity index (χ0v) is 12.9. The second-order valence-corrected chi connectivity index (χ2v) is 5.47. The van der Waals surface area contributed by atoms with Crippen LogP contribution in [-0.2, 0) is 12.6 Å². The molecule has 1 aromatic rings. The molecule has 0 aliphatic rings. The molecule has 0 amide bonds. The van der Waals surface area contributed by atoms with Crippen LogP contribution in [0.5, 0.6) is 0 Å². The minimum Gasteiger partial charge on any atom is -0.374 e. The largest absolute Gasteiger partial charge is 0.418 e. The molecule has 1 rings (SSSR count). The molecule has 0 atom stereocenters. The third-order valence-corrected chi connectivity index (χ3v) is 3.31. The molecular weight excluding hydrogens is 279 g/mol. The summed E-state index contributed by atoms with van der Waals surface area (Å²) in [5.74, 6) is 0. The lowest BCUT2D eigenvalue weighted by molar-refractivity contribution is -0.137. The lowest BCUT2D eigenvalue weighted by Crippen LogP contribution is -2.25. The Labute approximate surface area is 124 Å². The number of benzene rings is 1. The molecule has 0 radical (unpaired) electrons. The first-order valence-electron chi connectivity index (χ1n) is 7.01. The maximum Gasteiger partial charge on any atom is 0.418 e. The van der Waals surface area contributed by atoms with E-state index in [9.17, 15) is 13.2 Å². The summed E-state index contributed by atoms with van der Waals surface area (Å²) in [4.78, 5) is 3.68. The van der Waals surface area contributed by atoms with Gasteiger partial charge in [0.25, 0.3) is 0 Å². The van der Waals surface area contributed by atoms with E-state index in [2.05, 4.69) is 0 Å². The lowest BCUT2D eigenvalue weighted by Gasteiger charge is -2.25. The number of hydrogen-bond donors (Lipinski definition) is 1. The topological polar surface area (TPSA) is 32.5 Å². The molecule has 0 aliphatic carbocycles. The van der Waals surface area contributed by atoms with Crippen LogP contribution in [0.15, 0.2) is 18.2 Å². The summed E-state index contributed by atoms with van der Waals surface area (Å²) < 4.78 is 39.6. The average Bonchev–Trinajstić information content (AvgIpc) is 2.37. The summed E-state index contributed by atoms with van der Waals surface area (Å²) in [5.41, 5.74) is 5.68. The van der Waals surface area contributed by atoms with Crippen molar-refractivity contribution in [1.29, 1.82) is 0 Å². The molecule has 0 aliphatic heterocycles. The molecule has 120 valence electrons. The highest BCUT2D eigenvalue weighted by molar-refractivity contribution is 5.56. The van der Waals surface area contributed by atoms with Crippen molar-refractivity contribution in [3.05, 3.63) is 29.3 Å². The van der Waals surface area contributed by atoms with Gasteiger partial charge in [-0.25, -0.2) is 0 Å². The van der Waals surface area contributed by atoms with Gasteiger partial charge in [0.05, 0.1) is 5.56 Å². The van der Waals surface area contributed by atoms with Crippen molar-refractivity contribution in [2.45, 2.75) is 19.0 Å². The van der Waals surface area contributed by atoms with Gasteiger partial charge in [0.1, 0.15) is 0 Å². The Kier molecular flexibility index (Phi) is 6.48. The molecule has 0 spiro atoms. The van der Waals surface area contributed by atoms with Gasteiger partial charge in [-0.2, -0.15) is 13.2 Å². The number of hydrogen-bond acceptors (Lipinski definition) is 3. The van der Waals surface area contributed by atoms with E-state index in [0.29, 0.717) is 25.1 Å². The van der Waals surface area contributed by atoms with Crippen LogP contribution in [0.25, 0.3) is 0 Å². The van der Waals surface area contributed by atoms with E-state index in [-0.39, 0.29) is 5.69 Å². The molecule has 1 aromatic carbocycles. The average molecular weight is 303 g/mol. The standard InChI is InChI=1S/C15H24F3N3/c1-20(2)9-4-10-21(3)14-6-5-12(7-8-19)11-13(14)15(16,17)18/h5-6,11H,4,7-10,19H2,1-3H3. The molecule has 0 fully saturated rings. The van der Waals surface area contributed by atoms with Crippen molar-refractivity contribution in [3.63, 3.8) is 0 Å². The van der Waals surface area contributed by atoms with Crippen molar-refractivity contribution in [3.8, 4) is 0 Å². The van der Waals surface area contributed by atoms with E-state index in [4.69, 9.17) is 5.73 Å². The first-order chi connectivity index (χ1) is 9.75. The monoisotopic (exact) mass is 303 g/mol. The third kappa shape index (κ3) is 5.55. The first kappa shape index (κ1) is 17.8. The lowest BCUT2D eigenvalue weighted by atomic mass is 10.0. The van der Waals surface area contributed by atoms with Gasteiger partial charge in [-0.05, 0) is 57.7 Å².